The van der Waals surface area contributed by atoms with Crippen LogP contribution in [-0.2, 0) is 14.0 Å². The summed E-state index contributed by atoms with van der Waals surface area (Å²) in [7, 11) is -2.67. The quantitative estimate of drug-likeness (QED) is 0.557. The number of hydrogen-bond acceptors (Lipinski definition) is 4. The van der Waals surface area contributed by atoms with Crippen molar-refractivity contribution in [2.75, 3.05) is 19.8 Å². The van der Waals surface area contributed by atoms with Crippen molar-refractivity contribution in [3.05, 3.63) is 60.7 Å². The van der Waals surface area contributed by atoms with E-state index in [1.807, 2.05) is 26.0 Å². The highest BCUT2D eigenvalue weighted by atomic mass is 28.4. The van der Waals surface area contributed by atoms with Crippen molar-refractivity contribution in [1.29, 1.82) is 0 Å². The fourth-order valence-corrected chi connectivity index (χ4v) is 9.82. The van der Waals surface area contributed by atoms with Gasteiger partial charge in [0.2, 0.25) is 0 Å². The molecule has 5 heteroatoms. The summed E-state index contributed by atoms with van der Waals surface area (Å²) in [5.74, 6) is -0.459. The highest BCUT2D eigenvalue weighted by Crippen LogP contribution is 2.38. The summed E-state index contributed by atoms with van der Waals surface area (Å²) in [5, 5.41) is 13.8. The molecule has 2 aromatic carbocycles. The van der Waals surface area contributed by atoms with Crippen molar-refractivity contribution in [3.8, 4) is 0 Å². The molecule has 1 aliphatic heterocycles. The summed E-state index contributed by atoms with van der Waals surface area (Å²) in [6.07, 6.45) is 1.50. The maximum absolute atomic E-state index is 13.2. The lowest BCUT2D eigenvalue weighted by molar-refractivity contribution is -0.146. The van der Waals surface area contributed by atoms with Crippen LogP contribution in [0.4, 0.5) is 0 Å². The third kappa shape index (κ3) is 5.48. The Labute approximate surface area is 200 Å². The van der Waals surface area contributed by atoms with Crippen molar-refractivity contribution in [3.63, 3.8) is 0 Å². The lowest BCUT2D eigenvalue weighted by Gasteiger charge is -2.44. The van der Waals surface area contributed by atoms with Crippen molar-refractivity contribution in [2.24, 2.45) is 11.8 Å². The van der Waals surface area contributed by atoms with Crippen molar-refractivity contribution < 1.29 is 19.1 Å². The average molecular weight is 469 g/mol. The zero-order valence-electron chi connectivity index (χ0n) is 20.8. The van der Waals surface area contributed by atoms with Crippen LogP contribution in [0.1, 0.15) is 53.9 Å². The van der Waals surface area contributed by atoms with E-state index in [4.69, 9.17) is 9.16 Å². The third-order valence-corrected chi connectivity index (χ3v) is 12.1. The Morgan fingerprint density at radius 1 is 1.00 bits per heavy atom. The SMILES string of the molecule is CC(C)C(=O)C(CCO[Si](c1ccccc1)(c1ccccc1)C(C)(C)C)C1(O)CCOCC1. The highest BCUT2D eigenvalue weighted by Gasteiger charge is 2.50. The molecule has 33 heavy (non-hydrogen) atoms. The minimum absolute atomic E-state index is 0.116. The molecule has 3 rings (SSSR count). The zero-order chi connectivity index (χ0) is 24.1. The number of benzene rings is 2. The largest absolute Gasteiger partial charge is 0.407 e. The Morgan fingerprint density at radius 2 is 1.48 bits per heavy atom. The first-order valence-corrected chi connectivity index (χ1v) is 14.1. The molecular weight excluding hydrogens is 428 g/mol. The number of aliphatic hydroxyl groups is 1. The van der Waals surface area contributed by atoms with E-state index in [0.29, 0.717) is 39.1 Å². The minimum Gasteiger partial charge on any atom is -0.407 e. The monoisotopic (exact) mass is 468 g/mol. The number of carbonyl (C=O) groups excluding carboxylic acids is 1. The summed E-state index contributed by atoms with van der Waals surface area (Å²) in [6, 6.07) is 21.1. The molecule has 1 saturated heterocycles. The average Bonchev–Trinajstić information content (AvgIpc) is 2.79. The van der Waals surface area contributed by atoms with E-state index in [-0.39, 0.29) is 16.7 Å². The van der Waals surface area contributed by atoms with E-state index < -0.39 is 19.8 Å². The summed E-state index contributed by atoms with van der Waals surface area (Å²) >= 11 is 0. The van der Waals surface area contributed by atoms with E-state index in [0.717, 1.165) is 0 Å². The summed E-state index contributed by atoms with van der Waals surface area (Å²) < 4.78 is 12.5. The molecule has 0 bridgehead atoms. The Kier molecular flexibility index (Phi) is 8.33. The van der Waals surface area contributed by atoms with Crippen molar-refractivity contribution in [2.45, 2.75) is 64.5 Å². The van der Waals surface area contributed by atoms with Crippen LogP contribution in [-0.4, -0.2) is 44.6 Å². The molecule has 1 heterocycles. The maximum Gasteiger partial charge on any atom is 0.261 e. The van der Waals surface area contributed by atoms with Gasteiger partial charge in [-0.05, 0) is 21.8 Å². The van der Waals surface area contributed by atoms with E-state index in [1.54, 1.807) is 0 Å². The molecule has 1 unspecified atom stereocenters. The molecule has 4 nitrogen and oxygen atoms in total. The molecule has 2 aromatic rings. The third-order valence-electron chi connectivity index (χ3n) is 7.06. The van der Waals surface area contributed by atoms with Gasteiger partial charge in [0, 0.05) is 44.5 Å². The fourth-order valence-electron chi connectivity index (χ4n) is 5.24. The van der Waals surface area contributed by atoms with Crippen LogP contribution >= 0.6 is 0 Å². The molecule has 0 radical (unpaired) electrons. The van der Waals surface area contributed by atoms with Crippen LogP contribution in [0.15, 0.2) is 60.7 Å². The van der Waals surface area contributed by atoms with E-state index in [9.17, 15) is 9.90 Å². The Morgan fingerprint density at radius 3 is 1.91 bits per heavy atom. The van der Waals surface area contributed by atoms with Gasteiger partial charge >= 0.3 is 0 Å². The van der Waals surface area contributed by atoms with Gasteiger partial charge in [0.1, 0.15) is 5.78 Å². The number of hydrogen-bond donors (Lipinski definition) is 1. The van der Waals surface area contributed by atoms with Gasteiger partial charge in [-0.25, -0.2) is 0 Å². The first kappa shape index (κ1) is 25.8. The van der Waals surface area contributed by atoms with Crippen LogP contribution in [0.2, 0.25) is 5.04 Å². The maximum atomic E-state index is 13.2. The minimum atomic E-state index is -2.67. The van der Waals surface area contributed by atoms with Crippen LogP contribution in [0.5, 0.6) is 0 Å². The lowest BCUT2D eigenvalue weighted by Crippen LogP contribution is -2.66. The van der Waals surface area contributed by atoms with E-state index in [2.05, 4.69) is 69.3 Å². The molecule has 0 aromatic heterocycles. The Bertz CT molecular complexity index is 844. The predicted octanol–water partition coefficient (Wildman–Crippen LogP) is 4.34. The van der Waals surface area contributed by atoms with Crippen LogP contribution in [0.25, 0.3) is 0 Å². The van der Waals surface area contributed by atoms with Gasteiger partial charge in [-0.15, -0.1) is 0 Å². The number of ketones is 1. The molecule has 1 N–H and O–H groups in total. The standard InChI is InChI=1S/C28H40O4Si/c1-22(2)26(29)25(28(30)17-20-31-21-18-28)16-19-32-33(27(3,4)5,23-12-8-6-9-13-23)24-14-10-7-11-15-24/h6-15,22,25,30H,16-21H2,1-5H3. The number of rotatable bonds is 9. The van der Waals surface area contributed by atoms with Crippen molar-refractivity contribution >= 4 is 24.5 Å². The predicted molar refractivity (Wildman–Crippen MR) is 137 cm³/mol. The summed E-state index contributed by atoms with van der Waals surface area (Å²) in [4.78, 5) is 13.2. The van der Waals surface area contributed by atoms with Gasteiger partial charge in [0.05, 0.1) is 5.60 Å². The molecule has 0 aliphatic carbocycles. The Hall–Kier alpha value is -1.79. The van der Waals surface area contributed by atoms with Crippen molar-refractivity contribution in [1.82, 2.24) is 0 Å². The second kappa shape index (κ2) is 10.6. The normalized spacial score (nSPS) is 17.7. The van der Waals surface area contributed by atoms with E-state index >= 15 is 0 Å². The smallest absolute Gasteiger partial charge is 0.261 e. The molecule has 1 fully saturated rings. The number of ether oxygens (including phenoxy) is 1. The fraction of sp³-hybridized carbons (Fsp3) is 0.536. The van der Waals surface area contributed by atoms with Gasteiger partial charge in [-0.3, -0.25) is 4.79 Å². The lowest BCUT2D eigenvalue weighted by atomic mass is 9.74. The van der Waals surface area contributed by atoms with Gasteiger partial charge < -0.3 is 14.3 Å². The highest BCUT2D eigenvalue weighted by molar-refractivity contribution is 6.99. The van der Waals surface area contributed by atoms with Gasteiger partial charge in [-0.1, -0.05) is 95.3 Å². The molecular formula is C28H40O4Si. The second-order valence-electron chi connectivity index (χ2n) is 10.6. The molecule has 0 spiro atoms. The van der Waals surface area contributed by atoms with Gasteiger partial charge in [0.25, 0.3) is 8.32 Å². The topological polar surface area (TPSA) is 55.8 Å². The second-order valence-corrected chi connectivity index (χ2v) is 14.9. The van der Waals surface area contributed by atoms with Crippen LogP contribution in [0.3, 0.4) is 0 Å². The van der Waals surface area contributed by atoms with Gasteiger partial charge in [-0.2, -0.15) is 0 Å². The number of Topliss-reactive ketones (excluding diaryl/α,β-unsaturated/α-hetero) is 1. The summed E-state index contributed by atoms with van der Waals surface area (Å²) in [5.41, 5.74) is -1.02. The van der Waals surface area contributed by atoms with E-state index in [1.165, 1.54) is 10.4 Å². The molecule has 0 amide bonds. The summed E-state index contributed by atoms with van der Waals surface area (Å²) in [6.45, 7) is 12.0. The Balaban J connectivity index is 1.95. The molecule has 1 aliphatic rings. The first-order chi connectivity index (χ1) is 15.6. The number of carbonyl (C=O) groups is 1. The van der Waals surface area contributed by atoms with Crippen LogP contribution in [0, 0.1) is 11.8 Å². The molecule has 0 saturated carbocycles. The first-order valence-electron chi connectivity index (χ1n) is 12.2. The molecule has 1 atom stereocenters. The molecule has 180 valence electrons. The zero-order valence-corrected chi connectivity index (χ0v) is 21.8. The van der Waals surface area contributed by atoms with Crippen LogP contribution < -0.4 is 10.4 Å². The van der Waals surface area contributed by atoms with Gasteiger partial charge in [0.15, 0.2) is 0 Å².